The Bertz CT molecular complexity index is 498. The lowest BCUT2D eigenvalue weighted by atomic mass is 9.95. The normalized spacial score (nSPS) is 12.1. The highest BCUT2D eigenvalue weighted by Gasteiger charge is 2.03. The smallest absolute Gasteiger partial charge is 0.333 e. The highest BCUT2D eigenvalue weighted by atomic mass is 16.5. The first kappa shape index (κ1) is 37.2. The Morgan fingerprint density at radius 3 is 1.13 bits per heavy atom. The van der Waals surface area contributed by atoms with Crippen molar-refractivity contribution >= 4 is 5.97 Å². The van der Waals surface area contributed by atoms with Crippen molar-refractivity contribution in [3.8, 4) is 0 Å². The number of ether oxygens (including phenoxy) is 1. The van der Waals surface area contributed by atoms with E-state index in [1.165, 1.54) is 173 Å². The molecule has 0 heterocycles. The lowest BCUT2D eigenvalue weighted by Gasteiger charge is -2.11. The molecule has 0 aliphatic carbocycles. The van der Waals surface area contributed by atoms with Crippen molar-refractivity contribution in [2.24, 2.45) is 5.92 Å². The predicted octanol–water partition coefficient (Wildman–Crippen LogP) is 12.7. The van der Waals surface area contributed by atoms with E-state index in [0.29, 0.717) is 12.2 Å². The van der Waals surface area contributed by atoms with Crippen molar-refractivity contribution < 1.29 is 9.53 Å². The van der Waals surface area contributed by atoms with E-state index in [4.69, 9.17) is 4.74 Å². The number of hydrogen-bond acceptors (Lipinski definition) is 2. The number of hydrogen-bond donors (Lipinski definition) is 0. The zero-order valence-corrected chi connectivity index (χ0v) is 26.6. The summed E-state index contributed by atoms with van der Waals surface area (Å²) in [6, 6.07) is 0. The van der Waals surface area contributed by atoms with Gasteiger partial charge in [-0.05, 0) is 19.3 Å². The van der Waals surface area contributed by atoms with Gasteiger partial charge in [0.25, 0.3) is 0 Å². The summed E-state index contributed by atoms with van der Waals surface area (Å²) in [5, 5.41) is 0. The van der Waals surface area contributed by atoms with Crippen molar-refractivity contribution in [1.29, 1.82) is 0 Å². The van der Waals surface area contributed by atoms with Gasteiger partial charge in [-0.2, -0.15) is 0 Å². The minimum absolute atomic E-state index is 0.250. The van der Waals surface area contributed by atoms with Crippen LogP contribution in [0.15, 0.2) is 12.2 Å². The van der Waals surface area contributed by atoms with Crippen LogP contribution in [0.2, 0.25) is 0 Å². The topological polar surface area (TPSA) is 26.3 Å². The number of esters is 1. The van der Waals surface area contributed by atoms with Crippen molar-refractivity contribution in [3.63, 3.8) is 0 Å². The second kappa shape index (κ2) is 30.7. The first-order chi connectivity index (χ1) is 18.6. The van der Waals surface area contributed by atoms with Gasteiger partial charge in [-0.1, -0.05) is 194 Å². The van der Waals surface area contributed by atoms with Crippen LogP contribution in [0.25, 0.3) is 0 Å². The summed E-state index contributed by atoms with van der Waals surface area (Å²) in [4.78, 5) is 11.3. The molecule has 0 amide bonds. The molecule has 0 aromatic rings. The van der Waals surface area contributed by atoms with Gasteiger partial charge in [0.1, 0.15) is 0 Å². The van der Waals surface area contributed by atoms with E-state index in [9.17, 15) is 4.79 Å². The molecule has 2 nitrogen and oxygen atoms in total. The minimum atomic E-state index is -0.250. The second-order valence-corrected chi connectivity index (χ2v) is 12.4. The highest BCUT2D eigenvalue weighted by molar-refractivity contribution is 5.86. The zero-order valence-electron chi connectivity index (χ0n) is 26.6. The quantitative estimate of drug-likeness (QED) is 0.0502. The molecule has 0 aromatic carbocycles. The van der Waals surface area contributed by atoms with Crippen LogP contribution in [0.5, 0.6) is 0 Å². The van der Waals surface area contributed by atoms with E-state index in [0.717, 1.165) is 12.3 Å². The molecule has 226 valence electrons. The molecule has 0 fully saturated rings. The van der Waals surface area contributed by atoms with Crippen LogP contribution >= 0.6 is 0 Å². The molecule has 0 N–H and O–H groups in total. The fourth-order valence-electron chi connectivity index (χ4n) is 5.48. The molecule has 0 saturated heterocycles. The Balaban J connectivity index is 3.17. The average molecular weight is 535 g/mol. The summed E-state index contributed by atoms with van der Waals surface area (Å²) < 4.78 is 5.13. The monoisotopic (exact) mass is 535 g/mol. The van der Waals surface area contributed by atoms with Crippen LogP contribution in [0.1, 0.15) is 201 Å². The van der Waals surface area contributed by atoms with Crippen LogP contribution in [-0.4, -0.2) is 12.6 Å². The van der Waals surface area contributed by atoms with Gasteiger partial charge in [0.15, 0.2) is 0 Å². The molecule has 1 atom stereocenters. The van der Waals surface area contributed by atoms with Gasteiger partial charge >= 0.3 is 5.97 Å². The molecule has 38 heavy (non-hydrogen) atoms. The second-order valence-electron chi connectivity index (χ2n) is 12.4. The first-order valence-corrected chi connectivity index (χ1v) is 17.4. The highest BCUT2D eigenvalue weighted by Crippen LogP contribution is 2.19. The van der Waals surface area contributed by atoms with Crippen LogP contribution in [0, 0.1) is 5.92 Å². The van der Waals surface area contributed by atoms with Gasteiger partial charge < -0.3 is 4.74 Å². The van der Waals surface area contributed by atoms with Crippen molar-refractivity contribution in [1.82, 2.24) is 0 Å². The van der Waals surface area contributed by atoms with Crippen molar-refractivity contribution in [3.05, 3.63) is 12.2 Å². The van der Waals surface area contributed by atoms with Gasteiger partial charge in [-0.25, -0.2) is 4.79 Å². The molecule has 2 heteroatoms. The van der Waals surface area contributed by atoms with Gasteiger partial charge in [0.05, 0.1) is 6.61 Å². The maximum absolute atomic E-state index is 11.3. The lowest BCUT2D eigenvalue weighted by Crippen LogP contribution is -2.05. The van der Waals surface area contributed by atoms with Gasteiger partial charge in [0.2, 0.25) is 0 Å². The minimum Gasteiger partial charge on any atom is -0.462 e. The van der Waals surface area contributed by atoms with Crippen molar-refractivity contribution in [2.45, 2.75) is 201 Å². The van der Waals surface area contributed by atoms with E-state index in [1.54, 1.807) is 6.92 Å². The molecule has 0 aliphatic heterocycles. The standard InChI is InChI=1S/C36H70O2/c1-5-6-7-8-9-10-16-19-22-25-28-31-35(4)32-29-26-23-20-17-14-12-11-13-15-18-21-24-27-30-33-38-36(37)34(2)3/h35H,2,5-33H2,1,3-4H3. The summed E-state index contributed by atoms with van der Waals surface area (Å²) in [5.74, 6) is 0.694. The first-order valence-electron chi connectivity index (χ1n) is 17.4. The summed E-state index contributed by atoms with van der Waals surface area (Å²) in [6.45, 7) is 10.6. The maximum atomic E-state index is 11.3. The van der Waals surface area contributed by atoms with E-state index < -0.39 is 0 Å². The van der Waals surface area contributed by atoms with Crippen LogP contribution in [-0.2, 0) is 9.53 Å². The fraction of sp³-hybridized carbons (Fsp3) is 0.917. The molecule has 0 saturated carbocycles. The Labute approximate surface area is 240 Å². The van der Waals surface area contributed by atoms with Gasteiger partial charge in [-0.3, -0.25) is 0 Å². The van der Waals surface area contributed by atoms with E-state index >= 15 is 0 Å². The molecule has 0 rings (SSSR count). The summed E-state index contributed by atoms with van der Waals surface area (Å²) >= 11 is 0. The third-order valence-electron chi connectivity index (χ3n) is 8.22. The molecule has 0 aliphatic rings. The Morgan fingerprint density at radius 1 is 0.526 bits per heavy atom. The summed E-state index contributed by atoms with van der Waals surface area (Å²) in [7, 11) is 0. The predicted molar refractivity (Wildman–Crippen MR) is 170 cm³/mol. The lowest BCUT2D eigenvalue weighted by molar-refractivity contribution is -0.139. The number of carbonyl (C=O) groups excluding carboxylic acids is 1. The van der Waals surface area contributed by atoms with E-state index in [1.807, 2.05) is 0 Å². The molecule has 0 aromatic heterocycles. The van der Waals surface area contributed by atoms with Gasteiger partial charge in [0, 0.05) is 5.57 Å². The molecule has 1 unspecified atom stereocenters. The van der Waals surface area contributed by atoms with Crippen LogP contribution in [0.4, 0.5) is 0 Å². The maximum Gasteiger partial charge on any atom is 0.333 e. The number of carbonyl (C=O) groups is 1. The summed E-state index contributed by atoms with van der Waals surface area (Å²) in [5.41, 5.74) is 0.495. The van der Waals surface area contributed by atoms with E-state index in [2.05, 4.69) is 20.4 Å². The van der Waals surface area contributed by atoms with E-state index in [-0.39, 0.29) is 5.97 Å². The fourth-order valence-corrected chi connectivity index (χ4v) is 5.48. The number of unbranched alkanes of at least 4 members (excludes halogenated alkanes) is 24. The zero-order chi connectivity index (χ0) is 27.9. The summed E-state index contributed by atoms with van der Waals surface area (Å²) in [6.07, 6.45) is 39.4. The van der Waals surface area contributed by atoms with Crippen LogP contribution < -0.4 is 0 Å². The average Bonchev–Trinajstić information content (AvgIpc) is 2.90. The SMILES string of the molecule is C=C(C)C(=O)OCCCCCCCCCCCCCCCCCC(C)CCCCCCCCCCCCC. The van der Waals surface area contributed by atoms with Crippen LogP contribution in [0.3, 0.4) is 0 Å². The molecular weight excluding hydrogens is 464 g/mol. The molecule has 0 spiro atoms. The molecule has 0 radical (unpaired) electrons. The Hall–Kier alpha value is -0.790. The Kier molecular flexibility index (Phi) is 30.1. The number of rotatable bonds is 31. The molecule has 0 bridgehead atoms. The van der Waals surface area contributed by atoms with Gasteiger partial charge in [-0.15, -0.1) is 0 Å². The Morgan fingerprint density at radius 2 is 0.816 bits per heavy atom. The van der Waals surface area contributed by atoms with Crippen molar-refractivity contribution in [2.75, 3.05) is 6.61 Å². The third kappa shape index (κ3) is 29.8. The third-order valence-corrected chi connectivity index (χ3v) is 8.22. The largest absolute Gasteiger partial charge is 0.462 e. The molecular formula is C36H70O2.